The van der Waals surface area contributed by atoms with Gasteiger partial charge in [0.2, 0.25) is 0 Å². The Morgan fingerprint density at radius 3 is 3.00 bits per heavy atom. The summed E-state index contributed by atoms with van der Waals surface area (Å²) in [5.74, 6) is 0.810. The third-order valence-corrected chi connectivity index (χ3v) is 2.88. The van der Waals surface area contributed by atoms with Crippen molar-refractivity contribution in [3.8, 4) is 0 Å². The summed E-state index contributed by atoms with van der Waals surface area (Å²) in [6, 6.07) is 7.96. The molecule has 0 bridgehead atoms. The van der Waals surface area contributed by atoms with Crippen molar-refractivity contribution in [3.05, 3.63) is 45.9 Å². The Balaban J connectivity index is 2.24. The van der Waals surface area contributed by atoms with Crippen LogP contribution in [0.2, 0.25) is 0 Å². The quantitative estimate of drug-likeness (QED) is 0.850. The highest BCUT2D eigenvalue weighted by Gasteiger charge is 2.01. The number of nitrogens with one attached hydrogen (secondary N) is 1. The zero-order valence-electron chi connectivity index (χ0n) is 8.52. The minimum absolute atomic E-state index is 0.538. The fraction of sp³-hybridized carbons (Fsp3) is 0.0909. The molecule has 4 nitrogen and oxygen atoms in total. The molecule has 0 unspecified atom stereocenters. The molecule has 1 aromatic heterocycles. The van der Waals surface area contributed by atoms with Crippen LogP contribution in [0.15, 0.2) is 36.8 Å². The summed E-state index contributed by atoms with van der Waals surface area (Å²) in [5, 5.41) is 3.23. The van der Waals surface area contributed by atoms with E-state index in [-0.39, 0.29) is 0 Å². The van der Waals surface area contributed by atoms with Gasteiger partial charge in [0.25, 0.3) is 0 Å². The largest absolute Gasteiger partial charge is 0.339 e. The van der Waals surface area contributed by atoms with Gasteiger partial charge in [-0.3, -0.25) is 0 Å². The zero-order chi connectivity index (χ0) is 11.4. The molecule has 0 radical (unpaired) electrons. The molecule has 0 saturated carbocycles. The SMILES string of the molecule is NCc1cccc(Nc2ncncc2I)c1. The second-order valence-corrected chi connectivity index (χ2v) is 4.41. The molecule has 0 atom stereocenters. The number of nitrogens with two attached hydrogens (primary N) is 1. The van der Waals surface area contributed by atoms with Crippen LogP contribution in [-0.2, 0) is 6.54 Å². The van der Waals surface area contributed by atoms with Gasteiger partial charge >= 0.3 is 0 Å². The fourth-order valence-electron chi connectivity index (χ4n) is 1.32. The van der Waals surface area contributed by atoms with Crippen molar-refractivity contribution >= 4 is 34.1 Å². The lowest BCUT2D eigenvalue weighted by atomic mass is 10.2. The summed E-state index contributed by atoms with van der Waals surface area (Å²) in [4.78, 5) is 8.11. The van der Waals surface area contributed by atoms with Crippen molar-refractivity contribution in [2.24, 2.45) is 5.73 Å². The smallest absolute Gasteiger partial charge is 0.147 e. The third-order valence-electron chi connectivity index (χ3n) is 2.09. The molecule has 0 aliphatic carbocycles. The summed E-state index contributed by atoms with van der Waals surface area (Å²) in [6.45, 7) is 0.538. The van der Waals surface area contributed by atoms with Crippen LogP contribution < -0.4 is 11.1 Å². The van der Waals surface area contributed by atoms with Crippen molar-refractivity contribution in [2.45, 2.75) is 6.54 Å². The first-order valence-electron chi connectivity index (χ1n) is 4.81. The van der Waals surface area contributed by atoms with E-state index in [1.54, 1.807) is 6.20 Å². The molecule has 0 saturated heterocycles. The predicted octanol–water partition coefficient (Wildman–Crippen LogP) is 2.28. The zero-order valence-corrected chi connectivity index (χ0v) is 10.7. The molecule has 0 spiro atoms. The van der Waals surface area contributed by atoms with E-state index in [0.717, 1.165) is 20.6 Å². The number of hydrogen-bond acceptors (Lipinski definition) is 4. The average Bonchev–Trinajstić information content (AvgIpc) is 2.32. The molecule has 82 valence electrons. The van der Waals surface area contributed by atoms with E-state index in [9.17, 15) is 0 Å². The first-order chi connectivity index (χ1) is 7.79. The van der Waals surface area contributed by atoms with Gasteiger partial charge in [0.1, 0.15) is 12.1 Å². The standard InChI is InChI=1S/C11H11IN4/c12-10-6-14-7-15-11(10)16-9-3-1-2-8(4-9)5-13/h1-4,6-7H,5,13H2,(H,14,15,16). The van der Waals surface area contributed by atoms with Crippen molar-refractivity contribution in [2.75, 3.05) is 5.32 Å². The van der Waals surface area contributed by atoms with Crippen LogP contribution in [0.3, 0.4) is 0 Å². The van der Waals surface area contributed by atoms with Gasteiger partial charge in [0, 0.05) is 18.4 Å². The van der Waals surface area contributed by atoms with Crippen molar-refractivity contribution in [1.29, 1.82) is 0 Å². The number of benzene rings is 1. The lowest BCUT2D eigenvalue weighted by Gasteiger charge is -2.07. The highest BCUT2D eigenvalue weighted by atomic mass is 127. The lowest BCUT2D eigenvalue weighted by Crippen LogP contribution is -1.99. The van der Waals surface area contributed by atoms with E-state index in [2.05, 4.69) is 37.9 Å². The van der Waals surface area contributed by atoms with E-state index in [1.807, 2.05) is 24.3 Å². The van der Waals surface area contributed by atoms with E-state index >= 15 is 0 Å². The Morgan fingerprint density at radius 1 is 1.38 bits per heavy atom. The van der Waals surface area contributed by atoms with Gasteiger partial charge in [-0.15, -0.1) is 0 Å². The average molecular weight is 326 g/mol. The summed E-state index contributed by atoms with van der Waals surface area (Å²) >= 11 is 2.19. The maximum atomic E-state index is 5.59. The molecule has 1 heterocycles. The van der Waals surface area contributed by atoms with Crippen molar-refractivity contribution in [1.82, 2.24) is 9.97 Å². The topological polar surface area (TPSA) is 63.8 Å². The monoisotopic (exact) mass is 326 g/mol. The van der Waals surface area contributed by atoms with Crippen LogP contribution in [0.1, 0.15) is 5.56 Å². The molecule has 0 aliphatic heterocycles. The van der Waals surface area contributed by atoms with E-state index < -0.39 is 0 Å². The molecular weight excluding hydrogens is 315 g/mol. The number of anilines is 2. The van der Waals surface area contributed by atoms with Crippen LogP contribution in [0.5, 0.6) is 0 Å². The molecule has 1 aromatic carbocycles. The highest BCUT2D eigenvalue weighted by Crippen LogP contribution is 2.19. The second-order valence-electron chi connectivity index (χ2n) is 3.25. The Morgan fingerprint density at radius 2 is 2.25 bits per heavy atom. The van der Waals surface area contributed by atoms with Gasteiger partial charge in [-0.1, -0.05) is 12.1 Å². The van der Waals surface area contributed by atoms with E-state index in [1.165, 1.54) is 6.33 Å². The summed E-state index contributed by atoms with van der Waals surface area (Å²) in [6.07, 6.45) is 3.29. The number of nitrogens with zero attached hydrogens (tertiary/aromatic N) is 2. The van der Waals surface area contributed by atoms with Gasteiger partial charge in [-0.25, -0.2) is 9.97 Å². The van der Waals surface area contributed by atoms with Crippen LogP contribution in [0, 0.1) is 3.57 Å². The molecule has 2 rings (SSSR count). The lowest BCUT2D eigenvalue weighted by molar-refractivity contribution is 1.07. The van der Waals surface area contributed by atoms with Gasteiger partial charge in [-0.05, 0) is 40.3 Å². The van der Waals surface area contributed by atoms with Gasteiger partial charge in [-0.2, -0.15) is 0 Å². The first-order valence-corrected chi connectivity index (χ1v) is 5.89. The Labute approximate surface area is 107 Å². The molecule has 16 heavy (non-hydrogen) atoms. The second kappa shape index (κ2) is 5.22. The third kappa shape index (κ3) is 2.67. The molecule has 3 N–H and O–H groups in total. The molecule has 0 aliphatic rings. The Kier molecular flexibility index (Phi) is 3.68. The predicted molar refractivity (Wildman–Crippen MR) is 72.4 cm³/mol. The molecular formula is C11H11IN4. The minimum Gasteiger partial charge on any atom is -0.339 e. The summed E-state index contributed by atoms with van der Waals surface area (Å²) in [5.41, 5.74) is 7.66. The minimum atomic E-state index is 0.538. The molecule has 0 amide bonds. The molecule has 5 heteroatoms. The maximum Gasteiger partial charge on any atom is 0.147 e. The molecule has 2 aromatic rings. The Bertz CT molecular complexity index is 487. The first kappa shape index (κ1) is 11.3. The number of aromatic nitrogens is 2. The fourth-order valence-corrected chi connectivity index (χ4v) is 1.75. The Hall–Kier alpha value is -1.21. The van der Waals surface area contributed by atoms with Crippen molar-refractivity contribution in [3.63, 3.8) is 0 Å². The number of rotatable bonds is 3. The highest BCUT2D eigenvalue weighted by molar-refractivity contribution is 14.1. The van der Waals surface area contributed by atoms with Crippen LogP contribution in [-0.4, -0.2) is 9.97 Å². The maximum absolute atomic E-state index is 5.59. The normalized spacial score (nSPS) is 10.1. The number of hydrogen-bond donors (Lipinski definition) is 2. The number of halogens is 1. The van der Waals surface area contributed by atoms with Crippen LogP contribution in [0.25, 0.3) is 0 Å². The molecule has 0 fully saturated rings. The van der Waals surface area contributed by atoms with Gasteiger partial charge in [0.05, 0.1) is 3.57 Å². The summed E-state index contributed by atoms with van der Waals surface area (Å²) < 4.78 is 0.984. The van der Waals surface area contributed by atoms with E-state index in [4.69, 9.17) is 5.73 Å². The van der Waals surface area contributed by atoms with Crippen LogP contribution >= 0.6 is 22.6 Å². The van der Waals surface area contributed by atoms with Gasteiger partial charge in [0.15, 0.2) is 0 Å². The van der Waals surface area contributed by atoms with Crippen molar-refractivity contribution < 1.29 is 0 Å². The van der Waals surface area contributed by atoms with E-state index in [0.29, 0.717) is 6.54 Å². The van der Waals surface area contributed by atoms with Gasteiger partial charge < -0.3 is 11.1 Å². The van der Waals surface area contributed by atoms with Crippen LogP contribution in [0.4, 0.5) is 11.5 Å². The summed E-state index contributed by atoms with van der Waals surface area (Å²) in [7, 11) is 0.